The fraction of sp³-hybridized carbons (Fsp3) is 0.238. The van der Waals surface area contributed by atoms with Crippen LogP contribution in [0.3, 0.4) is 0 Å². The molecule has 154 valence electrons. The molecule has 0 heterocycles. The van der Waals surface area contributed by atoms with E-state index in [4.69, 9.17) is 4.74 Å². The van der Waals surface area contributed by atoms with Gasteiger partial charge in [0.2, 0.25) is 5.91 Å². The summed E-state index contributed by atoms with van der Waals surface area (Å²) >= 11 is 0. The summed E-state index contributed by atoms with van der Waals surface area (Å²) in [5, 5.41) is 5.07. The van der Waals surface area contributed by atoms with Crippen LogP contribution in [0.1, 0.15) is 31.9 Å². The van der Waals surface area contributed by atoms with Gasteiger partial charge in [-0.05, 0) is 56.7 Å². The molecule has 5 nitrogen and oxygen atoms in total. The van der Waals surface area contributed by atoms with Gasteiger partial charge in [-0.25, -0.2) is 4.79 Å². The molecule has 0 aliphatic heterocycles. The number of rotatable bonds is 4. The average molecular weight is 406 g/mol. The highest BCUT2D eigenvalue weighted by Gasteiger charge is 2.32. The number of anilines is 2. The van der Waals surface area contributed by atoms with Crippen LogP contribution in [-0.4, -0.2) is 17.6 Å². The van der Waals surface area contributed by atoms with E-state index in [1.807, 2.05) is 0 Å². The summed E-state index contributed by atoms with van der Waals surface area (Å²) < 4.78 is 44.1. The van der Waals surface area contributed by atoms with Crippen LogP contribution in [0.15, 0.2) is 54.6 Å². The lowest BCUT2D eigenvalue weighted by Gasteiger charge is -2.19. The second-order valence-electron chi connectivity index (χ2n) is 7.12. The predicted molar refractivity (Wildman–Crippen MR) is 105 cm³/mol. The van der Waals surface area contributed by atoms with Crippen molar-refractivity contribution in [3.63, 3.8) is 0 Å². The van der Waals surface area contributed by atoms with Gasteiger partial charge in [0.1, 0.15) is 5.60 Å². The van der Waals surface area contributed by atoms with Crippen LogP contribution in [0.5, 0.6) is 0 Å². The number of ether oxygens (including phenoxy) is 1. The summed E-state index contributed by atoms with van der Waals surface area (Å²) in [6.07, 6.45) is -3.05. The van der Waals surface area contributed by atoms with Crippen molar-refractivity contribution in [1.82, 2.24) is 0 Å². The van der Waals surface area contributed by atoms with E-state index >= 15 is 0 Å². The highest BCUT2D eigenvalue weighted by atomic mass is 19.4. The SMILES string of the molecule is CC(C)(C)OC(=O)Nc1cccc(NC(=O)/C=C/c2ccccc2C(F)(F)F)c1. The molecule has 2 aromatic rings. The van der Waals surface area contributed by atoms with Gasteiger partial charge in [-0.2, -0.15) is 13.2 Å². The first kappa shape index (κ1) is 22.0. The molecule has 0 unspecified atom stereocenters. The molecule has 2 N–H and O–H groups in total. The summed E-state index contributed by atoms with van der Waals surface area (Å²) in [4.78, 5) is 23.9. The zero-order valence-corrected chi connectivity index (χ0v) is 16.1. The number of carbonyl (C=O) groups is 2. The molecule has 0 atom stereocenters. The smallest absolute Gasteiger partial charge is 0.416 e. The fourth-order valence-corrected chi connectivity index (χ4v) is 2.35. The van der Waals surface area contributed by atoms with Crippen molar-refractivity contribution in [1.29, 1.82) is 0 Å². The van der Waals surface area contributed by atoms with Crippen molar-refractivity contribution in [3.05, 3.63) is 65.7 Å². The summed E-state index contributed by atoms with van der Waals surface area (Å²) in [7, 11) is 0. The number of nitrogens with one attached hydrogen (secondary N) is 2. The second-order valence-corrected chi connectivity index (χ2v) is 7.12. The maximum atomic E-state index is 13.0. The van der Waals surface area contributed by atoms with Gasteiger partial charge in [0.05, 0.1) is 5.56 Å². The molecule has 0 aromatic heterocycles. The first-order valence-corrected chi connectivity index (χ1v) is 8.69. The lowest BCUT2D eigenvalue weighted by atomic mass is 10.1. The summed E-state index contributed by atoms with van der Waals surface area (Å²) in [6, 6.07) is 11.2. The van der Waals surface area contributed by atoms with E-state index in [2.05, 4.69) is 10.6 Å². The molecule has 29 heavy (non-hydrogen) atoms. The molecule has 0 saturated carbocycles. The monoisotopic (exact) mass is 406 g/mol. The number of halogens is 3. The van der Waals surface area contributed by atoms with E-state index in [1.165, 1.54) is 24.3 Å². The number of hydrogen-bond acceptors (Lipinski definition) is 3. The first-order chi connectivity index (χ1) is 13.4. The lowest BCUT2D eigenvalue weighted by molar-refractivity contribution is -0.137. The summed E-state index contributed by atoms with van der Waals surface area (Å²) in [5.74, 6) is -0.614. The van der Waals surface area contributed by atoms with Gasteiger partial charge in [-0.3, -0.25) is 10.1 Å². The Hall–Kier alpha value is -3.29. The van der Waals surface area contributed by atoms with E-state index in [9.17, 15) is 22.8 Å². The van der Waals surface area contributed by atoms with Crippen LogP contribution in [0.25, 0.3) is 6.08 Å². The van der Waals surface area contributed by atoms with E-state index in [-0.39, 0.29) is 5.56 Å². The summed E-state index contributed by atoms with van der Waals surface area (Å²) in [6.45, 7) is 5.19. The Morgan fingerprint density at radius 3 is 2.17 bits per heavy atom. The molecule has 0 radical (unpaired) electrons. The molecular formula is C21H21F3N2O3. The number of hydrogen-bond donors (Lipinski definition) is 2. The third-order valence-electron chi connectivity index (χ3n) is 3.46. The number of carbonyl (C=O) groups excluding carboxylic acids is 2. The Balaban J connectivity index is 2.05. The Bertz CT molecular complexity index is 916. The molecule has 0 aliphatic carbocycles. The van der Waals surface area contributed by atoms with E-state index in [0.29, 0.717) is 11.4 Å². The normalized spacial score (nSPS) is 11.9. The topological polar surface area (TPSA) is 67.4 Å². The third kappa shape index (κ3) is 7.33. The van der Waals surface area contributed by atoms with Gasteiger partial charge < -0.3 is 10.1 Å². The molecule has 0 bridgehead atoms. The molecular weight excluding hydrogens is 385 g/mol. The molecule has 0 aliphatic rings. The molecule has 0 saturated heterocycles. The van der Waals surface area contributed by atoms with Crippen LogP contribution in [0.4, 0.5) is 29.3 Å². The van der Waals surface area contributed by atoms with Crippen LogP contribution in [-0.2, 0) is 15.7 Å². The predicted octanol–water partition coefficient (Wildman–Crippen LogP) is 5.70. The standard InChI is InChI=1S/C21H21F3N2O3/c1-20(2,3)29-19(28)26-16-9-6-8-15(13-16)25-18(27)12-11-14-7-4-5-10-17(14)21(22,23)24/h4-13H,1-3H3,(H,25,27)(H,26,28)/b12-11+. The van der Waals surface area contributed by atoms with Gasteiger partial charge in [0.25, 0.3) is 0 Å². The zero-order chi connectivity index (χ0) is 21.7. The fourth-order valence-electron chi connectivity index (χ4n) is 2.35. The highest BCUT2D eigenvalue weighted by molar-refractivity contribution is 6.02. The molecule has 2 aromatic carbocycles. The third-order valence-corrected chi connectivity index (χ3v) is 3.46. The molecule has 8 heteroatoms. The average Bonchev–Trinajstić information content (AvgIpc) is 2.58. The molecule has 2 amide bonds. The zero-order valence-electron chi connectivity index (χ0n) is 16.1. The largest absolute Gasteiger partial charge is 0.444 e. The van der Waals surface area contributed by atoms with Crippen molar-refractivity contribution in [2.75, 3.05) is 10.6 Å². The van der Waals surface area contributed by atoms with Crippen molar-refractivity contribution in [2.24, 2.45) is 0 Å². The maximum Gasteiger partial charge on any atom is 0.416 e. The van der Waals surface area contributed by atoms with Gasteiger partial charge >= 0.3 is 12.3 Å². The quantitative estimate of drug-likeness (QED) is 0.640. The number of amides is 2. The molecule has 2 rings (SSSR count). The van der Waals surface area contributed by atoms with Gasteiger partial charge in [0, 0.05) is 17.5 Å². The first-order valence-electron chi connectivity index (χ1n) is 8.69. The Morgan fingerprint density at radius 2 is 1.55 bits per heavy atom. The van der Waals surface area contributed by atoms with Crippen molar-refractivity contribution < 1.29 is 27.5 Å². The Morgan fingerprint density at radius 1 is 0.931 bits per heavy atom. The van der Waals surface area contributed by atoms with Crippen LogP contribution >= 0.6 is 0 Å². The number of alkyl halides is 3. The van der Waals surface area contributed by atoms with E-state index < -0.39 is 29.3 Å². The van der Waals surface area contributed by atoms with E-state index in [0.717, 1.165) is 18.2 Å². The van der Waals surface area contributed by atoms with Crippen molar-refractivity contribution >= 4 is 29.5 Å². The van der Waals surface area contributed by atoms with Crippen molar-refractivity contribution in [3.8, 4) is 0 Å². The Labute approximate surface area is 166 Å². The highest BCUT2D eigenvalue weighted by Crippen LogP contribution is 2.32. The van der Waals surface area contributed by atoms with Gasteiger partial charge in [0.15, 0.2) is 0 Å². The van der Waals surface area contributed by atoms with Crippen LogP contribution < -0.4 is 10.6 Å². The van der Waals surface area contributed by atoms with Crippen LogP contribution in [0, 0.1) is 0 Å². The van der Waals surface area contributed by atoms with Crippen molar-refractivity contribution in [2.45, 2.75) is 32.5 Å². The molecule has 0 fully saturated rings. The summed E-state index contributed by atoms with van der Waals surface area (Å²) in [5.41, 5.74) is -0.850. The second kappa shape index (κ2) is 8.81. The maximum absolute atomic E-state index is 13.0. The minimum atomic E-state index is -4.51. The van der Waals surface area contributed by atoms with Gasteiger partial charge in [-0.1, -0.05) is 24.3 Å². The van der Waals surface area contributed by atoms with Gasteiger partial charge in [-0.15, -0.1) is 0 Å². The van der Waals surface area contributed by atoms with Crippen LogP contribution in [0.2, 0.25) is 0 Å². The number of benzene rings is 2. The Kier molecular flexibility index (Phi) is 6.68. The minimum absolute atomic E-state index is 0.115. The minimum Gasteiger partial charge on any atom is -0.444 e. The lowest BCUT2D eigenvalue weighted by Crippen LogP contribution is -2.27. The van der Waals surface area contributed by atoms with E-state index in [1.54, 1.807) is 39.0 Å². The molecule has 0 spiro atoms.